The van der Waals surface area contributed by atoms with Crippen molar-refractivity contribution in [2.24, 2.45) is 0 Å². The Morgan fingerprint density at radius 1 is 1.21 bits per heavy atom. The molecule has 0 aliphatic carbocycles. The molecule has 0 radical (unpaired) electrons. The van der Waals surface area contributed by atoms with Gasteiger partial charge in [-0.05, 0) is 38.1 Å². The molecule has 0 fully saturated rings. The van der Waals surface area contributed by atoms with Crippen molar-refractivity contribution in [1.82, 2.24) is 9.78 Å². The van der Waals surface area contributed by atoms with E-state index in [2.05, 4.69) is 15.7 Å². The summed E-state index contributed by atoms with van der Waals surface area (Å²) in [6, 6.07) is 7.58. The van der Waals surface area contributed by atoms with Crippen LogP contribution in [0.5, 0.6) is 0 Å². The summed E-state index contributed by atoms with van der Waals surface area (Å²) in [6.45, 7) is 4.07. The minimum Gasteiger partial charge on any atom is -0.388 e. The maximum atomic E-state index is 12.0. The van der Waals surface area contributed by atoms with Gasteiger partial charge in [-0.1, -0.05) is 0 Å². The number of nitrogens with zero attached hydrogens (tertiary/aromatic N) is 2. The summed E-state index contributed by atoms with van der Waals surface area (Å²) in [4.78, 5) is 12.0. The number of nitrogens with one attached hydrogen (secondary N) is 2. The second kappa shape index (κ2) is 5.56. The average Bonchev–Trinajstić information content (AvgIpc) is 2.87. The Morgan fingerprint density at radius 3 is 2.42 bits per heavy atom. The molecule has 0 bridgehead atoms. The van der Waals surface area contributed by atoms with E-state index >= 15 is 0 Å². The van der Waals surface area contributed by atoms with Gasteiger partial charge in [-0.15, -0.1) is 0 Å². The van der Waals surface area contributed by atoms with Crippen LogP contribution in [-0.4, -0.2) is 22.7 Å². The van der Waals surface area contributed by atoms with E-state index in [0.29, 0.717) is 11.3 Å². The maximum Gasteiger partial charge on any atom is 0.255 e. The van der Waals surface area contributed by atoms with Crippen LogP contribution in [-0.2, 0) is 0 Å². The fourth-order valence-corrected chi connectivity index (χ4v) is 1.68. The third kappa shape index (κ3) is 3.13. The van der Waals surface area contributed by atoms with E-state index in [1.54, 1.807) is 23.0 Å². The highest BCUT2D eigenvalue weighted by Crippen LogP contribution is 2.13. The highest BCUT2D eigenvalue weighted by atomic mass is 16.1. The van der Waals surface area contributed by atoms with Crippen molar-refractivity contribution in [3.8, 4) is 0 Å². The van der Waals surface area contributed by atoms with Crippen LogP contribution in [0.1, 0.15) is 30.2 Å². The van der Waals surface area contributed by atoms with Gasteiger partial charge in [0.25, 0.3) is 5.91 Å². The molecule has 0 aliphatic rings. The lowest BCUT2D eigenvalue weighted by molar-refractivity contribution is 0.102. The number of amides is 1. The fourth-order valence-electron chi connectivity index (χ4n) is 1.68. The molecule has 2 N–H and O–H groups in total. The summed E-state index contributed by atoms with van der Waals surface area (Å²) >= 11 is 0. The summed E-state index contributed by atoms with van der Waals surface area (Å²) in [5, 5.41) is 10.0. The SMILES string of the molecule is CNc1ccc(C(=O)Nc2cnn(C(C)C)c2)cc1. The van der Waals surface area contributed by atoms with Gasteiger partial charge in [-0.3, -0.25) is 9.48 Å². The minimum absolute atomic E-state index is 0.133. The van der Waals surface area contributed by atoms with Crippen molar-refractivity contribution in [3.63, 3.8) is 0 Å². The third-order valence-electron chi connectivity index (χ3n) is 2.82. The van der Waals surface area contributed by atoms with Crippen molar-refractivity contribution >= 4 is 17.3 Å². The van der Waals surface area contributed by atoms with Gasteiger partial charge in [0.15, 0.2) is 0 Å². The smallest absolute Gasteiger partial charge is 0.255 e. The second-order valence-corrected chi connectivity index (χ2v) is 4.58. The predicted octanol–water partition coefficient (Wildman–Crippen LogP) is 2.76. The maximum absolute atomic E-state index is 12.0. The molecule has 100 valence electrons. The molecular weight excluding hydrogens is 240 g/mol. The Hall–Kier alpha value is -2.30. The first kappa shape index (κ1) is 13.1. The lowest BCUT2D eigenvalue weighted by Gasteiger charge is -2.05. The van der Waals surface area contributed by atoms with Crippen LogP contribution in [0, 0.1) is 0 Å². The topological polar surface area (TPSA) is 59.0 Å². The molecular formula is C14H18N4O. The largest absolute Gasteiger partial charge is 0.388 e. The number of benzene rings is 1. The van der Waals surface area contributed by atoms with Crippen molar-refractivity contribution < 1.29 is 4.79 Å². The Bertz CT molecular complexity index is 557. The van der Waals surface area contributed by atoms with E-state index in [1.165, 1.54) is 0 Å². The highest BCUT2D eigenvalue weighted by molar-refractivity contribution is 6.04. The van der Waals surface area contributed by atoms with Gasteiger partial charge in [-0.2, -0.15) is 5.10 Å². The molecule has 5 nitrogen and oxygen atoms in total. The molecule has 1 heterocycles. The summed E-state index contributed by atoms with van der Waals surface area (Å²) in [5.41, 5.74) is 2.30. The zero-order valence-electron chi connectivity index (χ0n) is 11.3. The Morgan fingerprint density at radius 2 is 1.89 bits per heavy atom. The van der Waals surface area contributed by atoms with Crippen molar-refractivity contribution in [3.05, 3.63) is 42.2 Å². The Labute approximate surface area is 112 Å². The fraction of sp³-hybridized carbons (Fsp3) is 0.286. The first-order chi connectivity index (χ1) is 9.10. The van der Waals surface area contributed by atoms with Gasteiger partial charge in [0.05, 0.1) is 11.9 Å². The van der Waals surface area contributed by atoms with E-state index in [4.69, 9.17) is 0 Å². The van der Waals surface area contributed by atoms with Gasteiger partial charge in [0.1, 0.15) is 0 Å². The van der Waals surface area contributed by atoms with Crippen LogP contribution in [0.2, 0.25) is 0 Å². The summed E-state index contributed by atoms with van der Waals surface area (Å²) in [5.74, 6) is -0.133. The van der Waals surface area contributed by atoms with E-state index in [1.807, 2.05) is 39.2 Å². The number of hydrogen-bond acceptors (Lipinski definition) is 3. The first-order valence-corrected chi connectivity index (χ1v) is 6.23. The molecule has 0 atom stereocenters. The number of carbonyl (C=O) groups excluding carboxylic acids is 1. The van der Waals surface area contributed by atoms with Crippen LogP contribution < -0.4 is 10.6 Å². The van der Waals surface area contributed by atoms with E-state index in [-0.39, 0.29) is 11.9 Å². The molecule has 1 amide bonds. The molecule has 5 heteroatoms. The van der Waals surface area contributed by atoms with Crippen LogP contribution in [0.25, 0.3) is 0 Å². The third-order valence-corrected chi connectivity index (χ3v) is 2.82. The number of anilines is 2. The molecule has 2 aromatic rings. The van der Waals surface area contributed by atoms with Gasteiger partial charge in [0, 0.05) is 30.5 Å². The first-order valence-electron chi connectivity index (χ1n) is 6.23. The highest BCUT2D eigenvalue weighted by Gasteiger charge is 2.08. The monoisotopic (exact) mass is 258 g/mol. The van der Waals surface area contributed by atoms with Crippen molar-refractivity contribution in [2.45, 2.75) is 19.9 Å². The molecule has 19 heavy (non-hydrogen) atoms. The second-order valence-electron chi connectivity index (χ2n) is 4.58. The number of hydrogen-bond donors (Lipinski definition) is 2. The Balaban J connectivity index is 2.06. The lowest BCUT2D eigenvalue weighted by Crippen LogP contribution is -2.11. The van der Waals surface area contributed by atoms with Gasteiger partial charge < -0.3 is 10.6 Å². The molecule has 0 saturated carbocycles. The normalized spacial score (nSPS) is 10.5. The molecule has 1 aromatic carbocycles. The lowest BCUT2D eigenvalue weighted by atomic mass is 10.2. The van der Waals surface area contributed by atoms with Gasteiger partial charge >= 0.3 is 0 Å². The summed E-state index contributed by atoms with van der Waals surface area (Å²) in [7, 11) is 1.84. The number of carbonyl (C=O) groups is 1. The van der Waals surface area contributed by atoms with Crippen molar-refractivity contribution in [1.29, 1.82) is 0 Å². The van der Waals surface area contributed by atoms with E-state index in [9.17, 15) is 4.79 Å². The minimum atomic E-state index is -0.133. The predicted molar refractivity (Wildman–Crippen MR) is 76.6 cm³/mol. The molecule has 0 aliphatic heterocycles. The zero-order valence-corrected chi connectivity index (χ0v) is 11.3. The van der Waals surface area contributed by atoms with E-state index in [0.717, 1.165) is 5.69 Å². The summed E-state index contributed by atoms with van der Waals surface area (Å²) < 4.78 is 1.81. The molecule has 0 spiro atoms. The van der Waals surface area contributed by atoms with Crippen LogP contribution >= 0.6 is 0 Å². The van der Waals surface area contributed by atoms with Crippen molar-refractivity contribution in [2.75, 3.05) is 17.7 Å². The molecule has 2 rings (SSSR count). The molecule has 0 saturated heterocycles. The quantitative estimate of drug-likeness (QED) is 0.886. The summed E-state index contributed by atoms with van der Waals surface area (Å²) in [6.07, 6.45) is 3.48. The van der Waals surface area contributed by atoms with Crippen LogP contribution in [0.4, 0.5) is 11.4 Å². The molecule has 0 unspecified atom stereocenters. The van der Waals surface area contributed by atoms with Gasteiger partial charge in [-0.25, -0.2) is 0 Å². The number of aromatic nitrogens is 2. The van der Waals surface area contributed by atoms with E-state index < -0.39 is 0 Å². The van der Waals surface area contributed by atoms with Gasteiger partial charge in [0.2, 0.25) is 0 Å². The molecule has 1 aromatic heterocycles. The van der Waals surface area contributed by atoms with Crippen LogP contribution in [0.15, 0.2) is 36.7 Å². The number of rotatable bonds is 4. The standard InChI is InChI=1S/C14H18N4O/c1-10(2)18-9-13(8-16-18)17-14(19)11-4-6-12(15-3)7-5-11/h4-10,15H,1-3H3,(H,17,19). The Kier molecular flexibility index (Phi) is 3.85. The zero-order chi connectivity index (χ0) is 13.8. The van der Waals surface area contributed by atoms with Crippen LogP contribution in [0.3, 0.4) is 0 Å². The average molecular weight is 258 g/mol.